The quantitative estimate of drug-likeness (QED) is 0.937. The predicted molar refractivity (Wildman–Crippen MR) is 82.7 cm³/mol. The van der Waals surface area contributed by atoms with Gasteiger partial charge in [0.2, 0.25) is 6.79 Å². The van der Waals surface area contributed by atoms with Crippen LogP contribution in [0.15, 0.2) is 42.5 Å². The Kier molecular flexibility index (Phi) is 4.06. The van der Waals surface area contributed by atoms with E-state index in [0.717, 1.165) is 0 Å². The van der Waals surface area contributed by atoms with Crippen LogP contribution in [0, 0.1) is 0 Å². The SMILES string of the molecule is C[C@@H](Oc1ccc2c(c1)OCO2)C(=O)Nc1ccc(Cl)cc1. The van der Waals surface area contributed by atoms with E-state index in [1.165, 1.54) is 0 Å². The van der Waals surface area contributed by atoms with E-state index in [4.69, 9.17) is 25.8 Å². The smallest absolute Gasteiger partial charge is 0.265 e. The third-order valence-electron chi connectivity index (χ3n) is 3.14. The van der Waals surface area contributed by atoms with Crippen molar-refractivity contribution in [1.29, 1.82) is 0 Å². The molecule has 3 rings (SSSR count). The molecule has 0 unspecified atom stereocenters. The maximum Gasteiger partial charge on any atom is 0.265 e. The molecule has 0 bridgehead atoms. The molecule has 1 amide bonds. The molecule has 0 aromatic heterocycles. The molecule has 1 aliphatic heterocycles. The van der Waals surface area contributed by atoms with E-state index >= 15 is 0 Å². The summed E-state index contributed by atoms with van der Waals surface area (Å²) in [7, 11) is 0. The number of anilines is 1. The van der Waals surface area contributed by atoms with E-state index in [2.05, 4.69) is 5.32 Å². The largest absolute Gasteiger partial charge is 0.481 e. The Balaban J connectivity index is 1.62. The molecule has 1 N–H and O–H groups in total. The number of carbonyl (C=O) groups excluding carboxylic acids is 1. The topological polar surface area (TPSA) is 56.8 Å². The highest BCUT2D eigenvalue weighted by Gasteiger charge is 2.18. The molecule has 2 aromatic carbocycles. The molecule has 22 heavy (non-hydrogen) atoms. The van der Waals surface area contributed by atoms with Crippen LogP contribution in [0.2, 0.25) is 5.02 Å². The lowest BCUT2D eigenvalue weighted by molar-refractivity contribution is -0.122. The molecular weight excluding hydrogens is 306 g/mol. The van der Waals surface area contributed by atoms with Crippen LogP contribution in [0.25, 0.3) is 0 Å². The Labute approximate surface area is 132 Å². The molecular formula is C16H14ClNO4. The fraction of sp³-hybridized carbons (Fsp3) is 0.188. The molecule has 0 aliphatic carbocycles. The first-order chi connectivity index (χ1) is 10.6. The first kappa shape index (κ1) is 14.5. The van der Waals surface area contributed by atoms with Gasteiger partial charge in [0.05, 0.1) is 0 Å². The molecule has 0 saturated carbocycles. The van der Waals surface area contributed by atoms with E-state index in [-0.39, 0.29) is 12.7 Å². The maximum atomic E-state index is 12.1. The minimum absolute atomic E-state index is 0.200. The molecule has 1 atom stereocenters. The summed E-state index contributed by atoms with van der Waals surface area (Å²) in [4.78, 5) is 12.1. The summed E-state index contributed by atoms with van der Waals surface area (Å²) < 4.78 is 16.1. The predicted octanol–water partition coefficient (Wildman–Crippen LogP) is 3.47. The van der Waals surface area contributed by atoms with Gasteiger partial charge in [-0.2, -0.15) is 0 Å². The van der Waals surface area contributed by atoms with Gasteiger partial charge in [-0.1, -0.05) is 11.6 Å². The van der Waals surface area contributed by atoms with Crippen LogP contribution in [0.4, 0.5) is 5.69 Å². The van der Waals surface area contributed by atoms with Crippen molar-refractivity contribution in [2.75, 3.05) is 12.1 Å². The normalized spacial score (nSPS) is 13.5. The monoisotopic (exact) mass is 319 g/mol. The van der Waals surface area contributed by atoms with Gasteiger partial charge in [0.15, 0.2) is 17.6 Å². The second kappa shape index (κ2) is 6.15. The van der Waals surface area contributed by atoms with Gasteiger partial charge in [-0.25, -0.2) is 0 Å². The highest BCUT2D eigenvalue weighted by Crippen LogP contribution is 2.35. The van der Waals surface area contributed by atoms with Crippen molar-refractivity contribution in [3.8, 4) is 17.2 Å². The number of carbonyl (C=O) groups is 1. The van der Waals surface area contributed by atoms with Crippen molar-refractivity contribution in [2.24, 2.45) is 0 Å². The minimum atomic E-state index is -0.656. The first-order valence-electron chi connectivity index (χ1n) is 6.74. The van der Waals surface area contributed by atoms with Gasteiger partial charge in [0, 0.05) is 16.8 Å². The third-order valence-corrected chi connectivity index (χ3v) is 3.39. The van der Waals surface area contributed by atoms with Crippen LogP contribution < -0.4 is 19.5 Å². The average Bonchev–Trinajstić information content (AvgIpc) is 2.97. The van der Waals surface area contributed by atoms with E-state index < -0.39 is 6.10 Å². The van der Waals surface area contributed by atoms with Crippen molar-refractivity contribution < 1.29 is 19.0 Å². The summed E-state index contributed by atoms with van der Waals surface area (Å²) in [6.45, 7) is 1.88. The summed E-state index contributed by atoms with van der Waals surface area (Å²) in [6, 6.07) is 12.1. The van der Waals surface area contributed by atoms with Gasteiger partial charge in [-0.05, 0) is 43.3 Å². The average molecular weight is 320 g/mol. The van der Waals surface area contributed by atoms with E-state index in [1.54, 1.807) is 49.4 Å². The third kappa shape index (κ3) is 3.26. The Morgan fingerprint density at radius 1 is 1.18 bits per heavy atom. The zero-order valence-electron chi connectivity index (χ0n) is 11.8. The number of ether oxygens (including phenoxy) is 3. The van der Waals surface area contributed by atoms with Crippen molar-refractivity contribution >= 4 is 23.2 Å². The van der Waals surface area contributed by atoms with Crippen LogP contribution in [-0.4, -0.2) is 18.8 Å². The van der Waals surface area contributed by atoms with Crippen molar-refractivity contribution in [3.05, 3.63) is 47.5 Å². The van der Waals surface area contributed by atoms with Crippen LogP contribution in [0.3, 0.4) is 0 Å². The summed E-state index contributed by atoms with van der Waals surface area (Å²) >= 11 is 5.81. The number of benzene rings is 2. The van der Waals surface area contributed by atoms with Gasteiger partial charge in [-0.15, -0.1) is 0 Å². The molecule has 5 nitrogen and oxygen atoms in total. The second-order valence-corrected chi connectivity index (χ2v) is 5.21. The zero-order chi connectivity index (χ0) is 15.5. The second-order valence-electron chi connectivity index (χ2n) is 4.77. The number of nitrogens with one attached hydrogen (secondary N) is 1. The molecule has 6 heteroatoms. The highest BCUT2D eigenvalue weighted by molar-refractivity contribution is 6.30. The molecule has 1 heterocycles. The Morgan fingerprint density at radius 2 is 1.91 bits per heavy atom. The molecule has 0 saturated heterocycles. The van der Waals surface area contributed by atoms with Gasteiger partial charge >= 0.3 is 0 Å². The number of hydrogen-bond acceptors (Lipinski definition) is 4. The van der Waals surface area contributed by atoms with Crippen LogP contribution in [0.5, 0.6) is 17.2 Å². The molecule has 0 radical (unpaired) electrons. The number of rotatable bonds is 4. The zero-order valence-corrected chi connectivity index (χ0v) is 12.6. The minimum Gasteiger partial charge on any atom is -0.481 e. The van der Waals surface area contributed by atoms with Gasteiger partial charge in [0.25, 0.3) is 5.91 Å². The van der Waals surface area contributed by atoms with Gasteiger partial charge in [-0.3, -0.25) is 4.79 Å². The highest BCUT2D eigenvalue weighted by atomic mass is 35.5. The molecule has 0 fully saturated rings. The fourth-order valence-electron chi connectivity index (χ4n) is 1.98. The van der Waals surface area contributed by atoms with Gasteiger partial charge in [0.1, 0.15) is 5.75 Å². The summed E-state index contributed by atoms with van der Waals surface area (Å²) in [6.07, 6.45) is -0.656. The number of amides is 1. The molecule has 114 valence electrons. The van der Waals surface area contributed by atoms with Crippen LogP contribution >= 0.6 is 11.6 Å². The lowest BCUT2D eigenvalue weighted by Gasteiger charge is -2.15. The standard InChI is InChI=1S/C16H14ClNO4/c1-10(16(19)18-12-4-2-11(17)3-5-12)22-13-6-7-14-15(8-13)21-9-20-14/h2-8,10H,9H2,1H3,(H,18,19)/t10-/m1/s1. The maximum absolute atomic E-state index is 12.1. The van der Waals surface area contributed by atoms with Crippen molar-refractivity contribution in [1.82, 2.24) is 0 Å². The molecule has 2 aromatic rings. The molecule has 1 aliphatic rings. The Hall–Kier alpha value is -2.40. The van der Waals surface area contributed by atoms with E-state index in [1.807, 2.05) is 0 Å². The lowest BCUT2D eigenvalue weighted by Crippen LogP contribution is -2.30. The fourth-order valence-corrected chi connectivity index (χ4v) is 2.11. The summed E-state index contributed by atoms with van der Waals surface area (Å²) in [5.41, 5.74) is 0.663. The lowest BCUT2D eigenvalue weighted by atomic mass is 10.2. The van der Waals surface area contributed by atoms with Crippen LogP contribution in [-0.2, 0) is 4.79 Å². The van der Waals surface area contributed by atoms with Gasteiger partial charge < -0.3 is 19.5 Å². The van der Waals surface area contributed by atoms with Crippen LogP contribution in [0.1, 0.15) is 6.92 Å². The summed E-state index contributed by atoms with van der Waals surface area (Å²) in [5, 5.41) is 3.38. The molecule has 0 spiro atoms. The number of hydrogen-bond donors (Lipinski definition) is 1. The summed E-state index contributed by atoms with van der Waals surface area (Å²) in [5.74, 6) is 1.58. The Bertz CT molecular complexity index is 687. The number of halogens is 1. The Morgan fingerprint density at radius 3 is 2.68 bits per heavy atom. The van der Waals surface area contributed by atoms with Crippen molar-refractivity contribution in [3.63, 3.8) is 0 Å². The van der Waals surface area contributed by atoms with Crippen molar-refractivity contribution in [2.45, 2.75) is 13.0 Å². The van der Waals surface area contributed by atoms with E-state index in [0.29, 0.717) is 28.0 Å². The number of fused-ring (bicyclic) bond motifs is 1. The first-order valence-corrected chi connectivity index (χ1v) is 7.12. The van der Waals surface area contributed by atoms with E-state index in [9.17, 15) is 4.79 Å².